The second-order valence-corrected chi connectivity index (χ2v) is 5.57. The first-order valence-corrected chi connectivity index (χ1v) is 6.52. The second kappa shape index (κ2) is 4.89. The Hall–Kier alpha value is -1.49. The smallest absolute Gasteiger partial charge is 0.311 e. The Morgan fingerprint density at radius 1 is 1.47 bits per heavy atom. The van der Waals surface area contributed by atoms with Gasteiger partial charge < -0.3 is 14.4 Å². The highest BCUT2D eigenvalue weighted by Gasteiger charge is 2.48. The van der Waals surface area contributed by atoms with Gasteiger partial charge in [-0.25, -0.2) is 0 Å². The Morgan fingerprint density at radius 2 is 2.16 bits per heavy atom. The van der Waals surface area contributed by atoms with Crippen LogP contribution in [0.3, 0.4) is 0 Å². The van der Waals surface area contributed by atoms with Crippen molar-refractivity contribution in [2.75, 3.05) is 13.1 Å². The van der Waals surface area contributed by atoms with Crippen molar-refractivity contribution in [3.05, 3.63) is 23.1 Å². The Labute approximate surface area is 116 Å². The molecule has 0 aliphatic carbocycles. The molecule has 1 fully saturated rings. The van der Waals surface area contributed by atoms with E-state index in [2.05, 4.69) is 0 Å². The largest absolute Gasteiger partial charge is 0.481 e. The quantitative estimate of drug-likeness (QED) is 0.926. The van der Waals surface area contributed by atoms with Crippen LogP contribution in [0.2, 0.25) is 5.22 Å². The van der Waals surface area contributed by atoms with Crippen LogP contribution in [-0.2, 0) is 4.79 Å². The van der Waals surface area contributed by atoms with Crippen molar-refractivity contribution in [2.45, 2.75) is 20.3 Å². The summed E-state index contributed by atoms with van der Waals surface area (Å²) in [5.41, 5.74) is -0.869. The third-order valence-corrected chi connectivity index (χ3v) is 4.11. The molecule has 0 bridgehead atoms. The van der Waals surface area contributed by atoms with Gasteiger partial charge in [0.15, 0.2) is 11.0 Å². The van der Waals surface area contributed by atoms with Gasteiger partial charge in [-0.3, -0.25) is 9.59 Å². The van der Waals surface area contributed by atoms with Gasteiger partial charge in [0.05, 0.1) is 5.41 Å². The predicted molar refractivity (Wildman–Crippen MR) is 69.1 cm³/mol. The molecule has 1 aliphatic heterocycles. The molecule has 6 heteroatoms. The van der Waals surface area contributed by atoms with E-state index in [4.69, 9.17) is 16.0 Å². The third-order valence-electron chi connectivity index (χ3n) is 3.90. The summed E-state index contributed by atoms with van der Waals surface area (Å²) in [6.45, 7) is 4.36. The van der Waals surface area contributed by atoms with E-state index < -0.39 is 11.4 Å². The van der Waals surface area contributed by atoms with Crippen LogP contribution in [0.1, 0.15) is 30.8 Å². The molecular formula is C13H16ClNO4. The Bertz CT molecular complexity index is 510. The molecule has 1 unspecified atom stereocenters. The number of halogens is 1. The number of hydrogen-bond acceptors (Lipinski definition) is 3. The highest BCUT2D eigenvalue weighted by Crippen LogP contribution is 2.38. The number of carbonyl (C=O) groups is 2. The van der Waals surface area contributed by atoms with Crippen LogP contribution in [0.4, 0.5) is 0 Å². The molecule has 2 heterocycles. The molecule has 0 spiro atoms. The molecular weight excluding hydrogens is 270 g/mol. The lowest BCUT2D eigenvalue weighted by atomic mass is 9.76. The number of nitrogens with zero attached hydrogens (tertiary/aromatic N) is 1. The number of rotatable bonds is 3. The summed E-state index contributed by atoms with van der Waals surface area (Å²) in [6.07, 6.45) is 0.459. The maximum atomic E-state index is 12.2. The summed E-state index contributed by atoms with van der Waals surface area (Å²) in [5, 5.41) is 9.57. The molecule has 1 aromatic rings. The van der Waals surface area contributed by atoms with E-state index in [0.717, 1.165) is 0 Å². The van der Waals surface area contributed by atoms with Crippen molar-refractivity contribution in [1.82, 2.24) is 4.90 Å². The third kappa shape index (κ3) is 2.34. The van der Waals surface area contributed by atoms with Gasteiger partial charge in [0, 0.05) is 13.1 Å². The van der Waals surface area contributed by atoms with E-state index in [1.807, 2.05) is 13.8 Å². The normalized spacial score (nSPS) is 23.1. The predicted octanol–water partition coefficient (Wildman–Crippen LogP) is 2.51. The molecule has 0 aromatic carbocycles. The molecule has 1 atom stereocenters. The number of hydrogen-bond donors (Lipinski definition) is 1. The van der Waals surface area contributed by atoms with Crippen LogP contribution in [0, 0.1) is 11.3 Å². The second-order valence-electron chi connectivity index (χ2n) is 5.20. The SMILES string of the molecule is CC(C)C1(C(=O)O)CCN(C(=O)c2ccc(Cl)o2)C1. The van der Waals surface area contributed by atoms with Gasteiger partial charge in [-0.15, -0.1) is 0 Å². The summed E-state index contributed by atoms with van der Waals surface area (Å²) in [4.78, 5) is 25.2. The van der Waals surface area contributed by atoms with Crippen LogP contribution < -0.4 is 0 Å². The maximum absolute atomic E-state index is 12.2. The van der Waals surface area contributed by atoms with E-state index in [9.17, 15) is 14.7 Å². The molecule has 1 saturated heterocycles. The molecule has 1 aliphatic rings. The van der Waals surface area contributed by atoms with Gasteiger partial charge in [0.1, 0.15) is 0 Å². The van der Waals surface area contributed by atoms with Crippen molar-refractivity contribution in [3.63, 3.8) is 0 Å². The summed E-state index contributed by atoms with van der Waals surface area (Å²) < 4.78 is 5.07. The number of carboxylic acid groups (broad SMARTS) is 1. The molecule has 2 rings (SSSR count). The molecule has 0 radical (unpaired) electrons. The van der Waals surface area contributed by atoms with Crippen LogP contribution in [0.5, 0.6) is 0 Å². The zero-order chi connectivity index (χ0) is 14.2. The van der Waals surface area contributed by atoms with Crippen molar-refractivity contribution in [2.24, 2.45) is 11.3 Å². The number of carboxylic acids is 1. The monoisotopic (exact) mass is 285 g/mol. The van der Waals surface area contributed by atoms with Gasteiger partial charge in [-0.05, 0) is 36.1 Å². The average molecular weight is 286 g/mol. The molecule has 1 amide bonds. The van der Waals surface area contributed by atoms with Gasteiger partial charge in [0.2, 0.25) is 0 Å². The van der Waals surface area contributed by atoms with Crippen LogP contribution >= 0.6 is 11.6 Å². The number of furan rings is 1. The van der Waals surface area contributed by atoms with E-state index in [1.165, 1.54) is 17.0 Å². The van der Waals surface area contributed by atoms with Crippen LogP contribution in [0.25, 0.3) is 0 Å². The number of likely N-dealkylation sites (tertiary alicyclic amines) is 1. The summed E-state index contributed by atoms with van der Waals surface area (Å²) in [6, 6.07) is 3.00. The lowest BCUT2D eigenvalue weighted by Crippen LogP contribution is -2.40. The molecule has 19 heavy (non-hydrogen) atoms. The minimum atomic E-state index is -0.869. The minimum Gasteiger partial charge on any atom is -0.481 e. The van der Waals surface area contributed by atoms with Crippen LogP contribution in [0.15, 0.2) is 16.5 Å². The summed E-state index contributed by atoms with van der Waals surface area (Å²) in [5.74, 6) is -1.05. The van der Waals surface area contributed by atoms with Gasteiger partial charge in [-0.1, -0.05) is 13.8 Å². The van der Waals surface area contributed by atoms with E-state index in [0.29, 0.717) is 13.0 Å². The number of aliphatic carboxylic acids is 1. The van der Waals surface area contributed by atoms with Gasteiger partial charge >= 0.3 is 5.97 Å². The van der Waals surface area contributed by atoms with E-state index in [-0.39, 0.29) is 29.3 Å². The molecule has 1 N–H and O–H groups in total. The lowest BCUT2D eigenvalue weighted by molar-refractivity contribution is -0.150. The Morgan fingerprint density at radius 3 is 2.58 bits per heavy atom. The van der Waals surface area contributed by atoms with Crippen molar-refractivity contribution in [3.8, 4) is 0 Å². The summed E-state index contributed by atoms with van der Waals surface area (Å²) in [7, 11) is 0. The van der Waals surface area contributed by atoms with Gasteiger partial charge in [-0.2, -0.15) is 0 Å². The fourth-order valence-electron chi connectivity index (χ4n) is 2.48. The zero-order valence-electron chi connectivity index (χ0n) is 10.9. The van der Waals surface area contributed by atoms with Gasteiger partial charge in [0.25, 0.3) is 5.91 Å². The molecule has 1 aromatic heterocycles. The van der Waals surface area contributed by atoms with Crippen molar-refractivity contribution < 1.29 is 19.1 Å². The maximum Gasteiger partial charge on any atom is 0.311 e. The van der Waals surface area contributed by atoms with Crippen LogP contribution in [-0.4, -0.2) is 35.0 Å². The fraction of sp³-hybridized carbons (Fsp3) is 0.538. The first-order valence-electron chi connectivity index (χ1n) is 6.15. The first kappa shape index (κ1) is 13.9. The minimum absolute atomic E-state index is 0.0389. The van der Waals surface area contributed by atoms with Crippen molar-refractivity contribution >= 4 is 23.5 Å². The topological polar surface area (TPSA) is 70.8 Å². The Kier molecular flexibility index (Phi) is 3.58. The molecule has 0 saturated carbocycles. The lowest BCUT2D eigenvalue weighted by Gasteiger charge is -2.28. The average Bonchev–Trinajstić information content (AvgIpc) is 2.94. The Balaban J connectivity index is 2.18. The first-order chi connectivity index (χ1) is 8.86. The number of amides is 1. The number of carbonyl (C=O) groups excluding carboxylic acids is 1. The standard InChI is InChI=1S/C13H16ClNO4/c1-8(2)13(12(17)18)5-6-15(7-13)11(16)9-3-4-10(14)19-9/h3-4,8H,5-7H2,1-2H3,(H,17,18). The zero-order valence-corrected chi connectivity index (χ0v) is 11.6. The molecule has 5 nitrogen and oxygen atoms in total. The van der Waals surface area contributed by atoms with Crippen molar-refractivity contribution in [1.29, 1.82) is 0 Å². The van der Waals surface area contributed by atoms with E-state index >= 15 is 0 Å². The fourth-order valence-corrected chi connectivity index (χ4v) is 2.63. The highest BCUT2D eigenvalue weighted by atomic mass is 35.5. The van der Waals surface area contributed by atoms with E-state index in [1.54, 1.807) is 0 Å². The summed E-state index contributed by atoms with van der Waals surface area (Å²) >= 11 is 5.64. The highest BCUT2D eigenvalue weighted by molar-refractivity contribution is 6.29. The molecule has 104 valence electrons.